The Morgan fingerprint density at radius 3 is 2.25 bits per heavy atom. The third kappa shape index (κ3) is 3.02. The topological polar surface area (TPSA) is 34.1 Å². The number of carbonyl (C=O) groups excluding carboxylic acids is 2. The smallest absolute Gasteiger partial charge is 0.185 e. The van der Waals surface area contributed by atoms with Crippen molar-refractivity contribution in [1.29, 1.82) is 0 Å². The Bertz CT molecular complexity index is 425. The van der Waals surface area contributed by atoms with Gasteiger partial charge in [-0.3, -0.25) is 9.59 Å². The lowest BCUT2D eigenvalue weighted by molar-refractivity contribution is 0.0993. The maximum Gasteiger partial charge on any atom is 0.185 e. The Kier molecular flexibility index (Phi) is 4.40. The van der Waals surface area contributed by atoms with E-state index in [-0.39, 0.29) is 11.6 Å². The molecule has 82 valence electrons. The summed E-state index contributed by atoms with van der Waals surface area (Å²) >= 11 is 0. The first-order valence-corrected chi connectivity index (χ1v) is 5.10. The van der Waals surface area contributed by atoms with E-state index in [0.29, 0.717) is 17.5 Å². The van der Waals surface area contributed by atoms with Crippen LogP contribution in [0.25, 0.3) is 0 Å². The normalized spacial score (nSPS) is 10.3. The Balaban J connectivity index is 2.86. The highest BCUT2D eigenvalue weighted by Gasteiger charge is 2.05. The van der Waals surface area contributed by atoms with Gasteiger partial charge in [-0.05, 0) is 13.0 Å². The van der Waals surface area contributed by atoms with Gasteiger partial charge in [0.05, 0.1) is 0 Å². The molecule has 0 saturated carbocycles. The number of rotatable bonds is 5. The van der Waals surface area contributed by atoms with Crippen molar-refractivity contribution in [2.45, 2.75) is 13.3 Å². The Hall–Kier alpha value is -1.96. The summed E-state index contributed by atoms with van der Waals surface area (Å²) in [5.41, 5.74) is 1.20. The van der Waals surface area contributed by atoms with Crippen LogP contribution in [-0.2, 0) is 0 Å². The minimum Gasteiger partial charge on any atom is -0.294 e. The molecule has 0 radical (unpaired) electrons. The number of carbonyl (C=O) groups is 2. The lowest BCUT2D eigenvalue weighted by atomic mass is 10.0. The van der Waals surface area contributed by atoms with Crippen LogP contribution in [0.2, 0.25) is 0 Å². The molecule has 2 heteroatoms. The lowest BCUT2D eigenvalue weighted by Crippen LogP contribution is -1.99. The average molecular weight is 214 g/mol. The fourth-order valence-corrected chi connectivity index (χ4v) is 1.32. The number of allylic oxidation sites excluding steroid dienone is 3. The van der Waals surface area contributed by atoms with E-state index in [2.05, 4.69) is 6.58 Å². The summed E-state index contributed by atoms with van der Waals surface area (Å²) in [5.74, 6) is -0.0368. The van der Waals surface area contributed by atoms with Gasteiger partial charge in [-0.15, -0.1) is 6.58 Å². The molecule has 0 fully saturated rings. The van der Waals surface area contributed by atoms with Crippen molar-refractivity contribution >= 4 is 11.6 Å². The van der Waals surface area contributed by atoms with Gasteiger partial charge in [-0.1, -0.05) is 36.4 Å². The molecule has 1 rings (SSSR count). The third-order valence-electron chi connectivity index (χ3n) is 2.14. The molecular formula is C14H14O2. The van der Waals surface area contributed by atoms with E-state index in [1.165, 1.54) is 6.08 Å². The van der Waals surface area contributed by atoms with Gasteiger partial charge in [0.1, 0.15) is 0 Å². The SMILES string of the molecule is C=CCC(=O)c1ccc(C(=O)/C=C/C)cc1. The Labute approximate surface area is 95.3 Å². The van der Waals surface area contributed by atoms with Gasteiger partial charge in [0.15, 0.2) is 11.6 Å². The minimum absolute atomic E-state index is 0.0139. The molecule has 16 heavy (non-hydrogen) atoms. The van der Waals surface area contributed by atoms with E-state index >= 15 is 0 Å². The molecule has 0 unspecified atom stereocenters. The predicted octanol–water partition coefficient (Wildman–Crippen LogP) is 3.20. The molecule has 1 aromatic rings. The van der Waals surface area contributed by atoms with Crippen LogP contribution in [0.15, 0.2) is 49.1 Å². The van der Waals surface area contributed by atoms with Gasteiger partial charge in [0.25, 0.3) is 0 Å². The standard InChI is InChI=1S/C14H14O2/c1-3-5-13(15)11-7-9-12(10-8-11)14(16)6-4-2/h3-4,6-10H,1,5H2,2H3/b6-4+. The number of ketones is 2. The number of Topliss-reactive ketones (excluding diaryl/α,β-unsaturated/α-hetero) is 1. The van der Waals surface area contributed by atoms with Crippen molar-refractivity contribution in [2.24, 2.45) is 0 Å². The molecule has 0 aromatic heterocycles. The highest BCUT2D eigenvalue weighted by Crippen LogP contribution is 2.08. The Morgan fingerprint density at radius 2 is 1.75 bits per heavy atom. The second kappa shape index (κ2) is 5.81. The van der Waals surface area contributed by atoms with Crippen LogP contribution in [0.5, 0.6) is 0 Å². The monoisotopic (exact) mass is 214 g/mol. The second-order valence-electron chi connectivity index (χ2n) is 3.36. The van der Waals surface area contributed by atoms with E-state index in [1.54, 1.807) is 43.3 Å². The van der Waals surface area contributed by atoms with Crippen LogP contribution in [0.3, 0.4) is 0 Å². The van der Waals surface area contributed by atoms with Crippen LogP contribution >= 0.6 is 0 Å². The maximum atomic E-state index is 11.5. The number of benzene rings is 1. The number of hydrogen-bond acceptors (Lipinski definition) is 2. The van der Waals surface area contributed by atoms with E-state index in [4.69, 9.17) is 0 Å². The molecular weight excluding hydrogens is 200 g/mol. The van der Waals surface area contributed by atoms with Gasteiger partial charge in [-0.25, -0.2) is 0 Å². The van der Waals surface area contributed by atoms with Gasteiger partial charge >= 0.3 is 0 Å². The summed E-state index contributed by atoms with van der Waals surface area (Å²) in [7, 11) is 0. The Morgan fingerprint density at radius 1 is 1.19 bits per heavy atom. The van der Waals surface area contributed by atoms with Gasteiger partial charge < -0.3 is 0 Å². The van der Waals surface area contributed by atoms with Crippen LogP contribution in [0.4, 0.5) is 0 Å². The summed E-state index contributed by atoms with van der Waals surface area (Å²) in [6.07, 6.45) is 5.09. The summed E-state index contributed by atoms with van der Waals surface area (Å²) in [4.78, 5) is 22.9. The molecule has 0 atom stereocenters. The van der Waals surface area contributed by atoms with Crippen LogP contribution in [0, 0.1) is 0 Å². The molecule has 0 aliphatic carbocycles. The number of hydrogen-bond donors (Lipinski definition) is 0. The minimum atomic E-state index is -0.0507. The summed E-state index contributed by atoms with van der Waals surface area (Å²) in [6.45, 7) is 5.30. The first kappa shape index (κ1) is 12.1. The molecule has 0 amide bonds. The lowest BCUT2D eigenvalue weighted by Gasteiger charge is -1.99. The zero-order valence-corrected chi connectivity index (χ0v) is 9.27. The molecule has 0 heterocycles. The third-order valence-corrected chi connectivity index (χ3v) is 2.14. The van der Waals surface area contributed by atoms with Crippen molar-refractivity contribution in [3.63, 3.8) is 0 Å². The largest absolute Gasteiger partial charge is 0.294 e. The summed E-state index contributed by atoms with van der Waals surface area (Å²) in [6, 6.07) is 6.67. The summed E-state index contributed by atoms with van der Waals surface area (Å²) < 4.78 is 0. The first-order valence-electron chi connectivity index (χ1n) is 5.10. The predicted molar refractivity (Wildman–Crippen MR) is 64.7 cm³/mol. The van der Waals surface area contributed by atoms with Gasteiger partial charge in [-0.2, -0.15) is 0 Å². The van der Waals surface area contributed by atoms with Crippen molar-refractivity contribution in [1.82, 2.24) is 0 Å². The highest BCUT2D eigenvalue weighted by molar-refractivity contribution is 6.05. The highest BCUT2D eigenvalue weighted by atomic mass is 16.1. The maximum absolute atomic E-state index is 11.5. The van der Waals surface area contributed by atoms with E-state index < -0.39 is 0 Å². The van der Waals surface area contributed by atoms with E-state index in [0.717, 1.165) is 0 Å². The molecule has 0 spiro atoms. The second-order valence-corrected chi connectivity index (χ2v) is 3.36. The molecule has 0 bridgehead atoms. The molecule has 0 saturated heterocycles. The molecule has 1 aromatic carbocycles. The molecule has 0 N–H and O–H groups in total. The van der Waals surface area contributed by atoms with Crippen LogP contribution in [0.1, 0.15) is 34.1 Å². The van der Waals surface area contributed by atoms with E-state index in [1.807, 2.05) is 0 Å². The van der Waals surface area contributed by atoms with Crippen molar-refractivity contribution in [2.75, 3.05) is 0 Å². The first-order chi connectivity index (χ1) is 7.69. The van der Waals surface area contributed by atoms with Crippen molar-refractivity contribution < 1.29 is 9.59 Å². The van der Waals surface area contributed by atoms with Crippen LogP contribution < -0.4 is 0 Å². The molecule has 2 nitrogen and oxygen atoms in total. The van der Waals surface area contributed by atoms with Crippen molar-refractivity contribution in [3.8, 4) is 0 Å². The zero-order chi connectivity index (χ0) is 12.0. The fourth-order valence-electron chi connectivity index (χ4n) is 1.32. The van der Waals surface area contributed by atoms with E-state index in [9.17, 15) is 9.59 Å². The van der Waals surface area contributed by atoms with Gasteiger partial charge in [0.2, 0.25) is 0 Å². The summed E-state index contributed by atoms with van der Waals surface area (Å²) in [5, 5.41) is 0. The molecule has 0 aliphatic rings. The average Bonchev–Trinajstić information content (AvgIpc) is 2.30. The van der Waals surface area contributed by atoms with Gasteiger partial charge in [0, 0.05) is 17.5 Å². The van der Waals surface area contributed by atoms with Crippen LogP contribution in [-0.4, -0.2) is 11.6 Å². The quantitative estimate of drug-likeness (QED) is 0.428. The molecule has 0 aliphatic heterocycles. The fraction of sp³-hybridized carbons (Fsp3) is 0.143. The zero-order valence-electron chi connectivity index (χ0n) is 9.27. The van der Waals surface area contributed by atoms with Crippen molar-refractivity contribution in [3.05, 3.63) is 60.2 Å².